The van der Waals surface area contributed by atoms with Gasteiger partial charge in [0.2, 0.25) is 0 Å². The Morgan fingerprint density at radius 2 is 1.00 bits per heavy atom. The molecule has 0 aromatic heterocycles. The minimum Gasteiger partial charge on any atom is -0.0898 e. The van der Waals surface area contributed by atoms with Crippen molar-refractivity contribution in [2.24, 2.45) is 0 Å². The number of halogens is 1. The highest BCUT2D eigenvalue weighted by Gasteiger charge is 1.94. The molecule has 0 aromatic rings. The molecule has 0 nitrogen and oxygen atoms in total. The highest BCUT2D eigenvalue weighted by molar-refractivity contribution is 6.29. The lowest BCUT2D eigenvalue weighted by Crippen LogP contribution is -1.82. The molecule has 0 unspecified atom stereocenters. The van der Waals surface area contributed by atoms with Gasteiger partial charge in [0.25, 0.3) is 0 Å². The van der Waals surface area contributed by atoms with Gasteiger partial charge in [-0.3, -0.25) is 0 Å². The van der Waals surface area contributed by atoms with Gasteiger partial charge in [0.05, 0.1) is 0 Å². The molecule has 0 spiro atoms. The first kappa shape index (κ1) is 17.0. The average molecular weight is 258 g/mol. The fourth-order valence-corrected chi connectivity index (χ4v) is 2.22. The standard InChI is InChI=1S/C16H30Cl/c1-3-4-5-6-7-8-9-10-11-12-13-14-15-16(2)17/h1-15H2. The van der Waals surface area contributed by atoms with Crippen LogP contribution in [-0.2, 0) is 0 Å². The summed E-state index contributed by atoms with van der Waals surface area (Å²) in [4.78, 5) is 0. The second-order valence-corrected chi connectivity index (χ2v) is 5.54. The highest BCUT2D eigenvalue weighted by Crippen LogP contribution is 2.14. The Balaban J connectivity index is 2.91. The summed E-state index contributed by atoms with van der Waals surface area (Å²) >= 11 is 5.71. The first-order valence-electron chi connectivity index (χ1n) is 7.40. The monoisotopic (exact) mass is 257 g/mol. The van der Waals surface area contributed by atoms with E-state index in [0.717, 1.165) is 17.9 Å². The van der Waals surface area contributed by atoms with Crippen molar-refractivity contribution >= 4 is 11.6 Å². The molecule has 0 rings (SSSR count). The van der Waals surface area contributed by atoms with Crippen LogP contribution < -0.4 is 0 Å². The van der Waals surface area contributed by atoms with Gasteiger partial charge in [-0.25, -0.2) is 0 Å². The molecule has 0 saturated heterocycles. The zero-order valence-electron chi connectivity index (χ0n) is 11.5. The molecule has 0 aromatic carbocycles. The largest absolute Gasteiger partial charge is 0.0898 e. The fourth-order valence-electron chi connectivity index (χ4n) is 2.08. The van der Waals surface area contributed by atoms with Gasteiger partial charge < -0.3 is 0 Å². The third-order valence-corrected chi connectivity index (χ3v) is 3.39. The molecule has 0 heterocycles. The van der Waals surface area contributed by atoms with Gasteiger partial charge in [-0.1, -0.05) is 95.7 Å². The van der Waals surface area contributed by atoms with Crippen LogP contribution in [0.15, 0.2) is 11.6 Å². The molecular weight excluding hydrogens is 228 g/mol. The summed E-state index contributed by atoms with van der Waals surface area (Å²) < 4.78 is 0. The molecule has 0 amide bonds. The molecule has 1 radical (unpaired) electrons. The van der Waals surface area contributed by atoms with Crippen molar-refractivity contribution < 1.29 is 0 Å². The third-order valence-electron chi connectivity index (χ3n) is 3.20. The first-order chi connectivity index (χ1) is 8.27. The summed E-state index contributed by atoms with van der Waals surface area (Å²) in [6.07, 6.45) is 17.2. The van der Waals surface area contributed by atoms with E-state index in [0.29, 0.717) is 0 Å². The molecule has 0 aliphatic rings. The Hall–Kier alpha value is 0.0300. The van der Waals surface area contributed by atoms with Crippen LogP contribution in [0.4, 0.5) is 0 Å². The van der Waals surface area contributed by atoms with Crippen molar-refractivity contribution in [3.63, 3.8) is 0 Å². The summed E-state index contributed by atoms with van der Waals surface area (Å²) in [5.41, 5.74) is 0. The number of hydrogen-bond acceptors (Lipinski definition) is 0. The van der Waals surface area contributed by atoms with Crippen LogP contribution >= 0.6 is 11.6 Å². The minimum atomic E-state index is 0.812. The summed E-state index contributed by atoms with van der Waals surface area (Å²) in [6.45, 7) is 7.57. The molecule has 0 atom stereocenters. The van der Waals surface area contributed by atoms with Crippen molar-refractivity contribution in [3.05, 3.63) is 18.5 Å². The second kappa shape index (κ2) is 14.1. The van der Waals surface area contributed by atoms with Crippen LogP contribution in [-0.4, -0.2) is 0 Å². The number of hydrogen-bond donors (Lipinski definition) is 0. The van der Waals surface area contributed by atoms with Crippen LogP contribution in [0.3, 0.4) is 0 Å². The Kier molecular flexibility index (Phi) is 14.1. The molecule has 0 fully saturated rings. The lowest BCUT2D eigenvalue weighted by atomic mass is 10.0. The number of rotatable bonds is 13. The molecular formula is C16H30Cl. The smallest absolute Gasteiger partial charge is 0.0109 e. The van der Waals surface area contributed by atoms with Gasteiger partial charge in [0, 0.05) is 5.03 Å². The molecule has 0 saturated carbocycles. The van der Waals surface area contributed by atoms with Crippen LogP contribution in [0.25, 0.3) is 0 Å². The van der Waals surface area contributed by atoms with Gasteiger partial charge in [-0.05, 0) is 12.8 Å². The minimum absolute atomic E-state index is 0.812. The van der Waals surface area contributed by atoms with E-state index in [1.807, 2.05) is 0 Å². The van der Waals surface area contributed by atoms with Crippen molar-refractivity contribution in [2.45, 2.75) is 83.5 Å². The van der Waals surface area contributed by atoms with Crippen molar-refractivity contribution in [1.82, 2.24) is 0 Å². The predicted octanol–water partition coefficient (Wildman–Crippen LogP) is 6.64. The van der Waals surface area contributed by atoms with Gasteiger partial charge in [-0.2, -0.15) is 0 Å². The second-order valence-electron chi connectivity index (χ2n) is 5.01. The molecule has 1 heteroatoms. The molecule has 0 N–H and O–H groups in total. The van der Waals surface area contributed by atoms with E-state index in [9.17, 15) is 0 Å². The fraction of sp³-hybridized carbons (Fsp3) is 0.812. The third kappa shape index (κ3) is 16.0. The van der Waals surface area contributed by atoms with E-state index in [-0.39, 0.29) is 0 Å². The van der Waals surface area contributed by atoms with Gasteiger partial charge in [0.1, 0.15) is 0 Å². The first-order valence-corrected chi connectivity index (χ1v) is 7.77. The van der Waals surface area contributed by atoms with E-state index in [2.05, 4.69) is 13.5 Å². The maximum atomic E-state index is 5.71. The summed E-state index contributed by atoms with van der Waals surface area (Å²) in [5.74, 6) is 0. The van der Waals surface area contributed by atoms with Gasteiger partial charge in [-0.15, -0.1) is 0 Å². The Labute approximate surface area is 114 Å². The summed E-state index contributed by atoms with van der Waals surface area (Å²) in [6, 6.07) is 0. The topological polar surface area (TPSA) is 0 Å². The quantitative estimate of drug-likeness (QED) is 0.324. The van der Waals surface area contributed by atoms with Crippen molar-refractivity contribution in [1.29, 1.82) is 0 Å². The SMILES string of the molecule is [CH2]CCCCCCCCCCCCCC(=C)Cl. The maximum Gasteiger partial charge on any atom is 0.0109 e. The van der Waals surface area contributed by atoms with Crippen molar-refractivity contribution in [3.8, 4) is 0 Å². The van der Waals surface area contributed by atoms with E-state index in [1.54, 1.807) is 0 Å². The molecule has 0 aliphatic heterocycles. The van der Waals surface area contributed by atoms with Crippen LogP contribution in [0, 0.1) is 6.92 Å². The van der Waals surface area contributed by atoms with Gasteiger partial charge >= 0.3 is 0 Å². The Bertz CT molecular complexity index is 163. The maximum absolute atomic E-state index is 5.71. The lowest BCUT2D eigenvalue weighted by molar-refractivity contribution is 0.547. The summed E-state index contributed by atoms with van der Waals surface area (Å²) in [7, 11) is 0. The van der Waals surface area contributed by atoms with E-state index in [4.69, 9.17) is 11.6 Å². The highest BCUT2D eigenvalue weighted by atomic mass is 35.5. The van der Waals surface area contributed by atoms with Crippen molar-refractivity contribution in [2.75, 3.05) is 0 Å². The normalized spacial score (nSPS) is 10.7. The summed E-state index contributed by atoms with van der Waals surface area (Å²) in [5, 5.41) is 0.812. The van der Waals surface area contributed by atoms with E-state index >= 15 is 0 Å². The molecule has 17 heavy (non-hydrogen) atoms. The Morgan fingerprint density at radius 3 is 1.35 bits per heavy atom. The Morgan fingerprint density at radius 1 is 0.647 bits per heavy atom. The predicted molar refractivity (Wildman–Crippen MR) is 80.4 cm³/mol. The van der Waals surface area contributed by atoms with Gasteiger partial charge in [0.15, 0.2) is 0 Å². The number of unbranched alkanes of at least 4 members (excludes halogenated alkanes) is 11. The lowest BCUT2D eigenvalue weighted by Gasteiger charge is -2.02. The zero-order valence-corrected chi connectivity index (χ0v) is 12.2. The average Bonchev–Trinajstić information content (AvgIpc) is 2.30. The van der Waals surface area contributed by atoms with Crippen LogP contribution in [0.2, 0.25) is 0 Å². The van der Waals surface area contributed by atoms with E-state index < -0.39 is 0 Å². The molecule has 0 bridgehead atoms. The zero-order chi connectivity index (χ0) is 12.8. The molecule has 101 valence electrons. The molecule has 0 aliphatic carbocycles. The van der Waals surface area contributed by atoms with E-state index in [1.165, 1.54) is 70.6 Å². The van der Waals surface area contributed by atoms with Crippen LogP contribution in [0.1, 0.15) is 83.5 Å². The number of allylic oxidation sites excluding steroid dienone is 1. The van der Waals surface area contributed by atoms with Crippen LogP contribution in [0.5, 0.6) is 0 Å².